The summed E-state index contributed by atoms with van der Waals surface area (Å²) in [5.41, 5.74) is 6.85. The Balaban J connectivity index is 1.31. The van der Waals surface area contributed by atoms with E-state index in [1.807, 2.05) is 18.2 Å². The maximum absolute atomic E-state index is 12.3. The summed E-state index contributed by atoms with van der Waals surface area (Å²) in [6, 6.07) is 36.0. The summed E-state index contributed by atoms with van der Waals surface area (Å²) >= 11 is 4.90. The average Bonchev–Trinajstić information content (AvgIpc) is 2.99. The number of carbonyl (C=O) groups excluding carboxylic acids is 2. The van der Waals surface area contributed by atoms with Gasteiger partial charge in [0.2, 0.25) is 0 Å². The zero-order chi connectivity index (χ0) is 27.9. The molecule has 1 heterocycles. The largest absolute Gasteiger partial charge is 0.314 e. The second-order valence-electron chi connectivity index (χ2n) is 10.3. The summed E-state index contributed by atoms with van der Waals surface area (Å²) in [6.07, 6.45) is 5.82. The van der Waals surface area contributed by atoms with Gasteiger partial charge in [-0.05, 0) is 106 Å². The Kier molecular flexibility index (Phi) is 6.18. The predicted octanol–water partition coefficient (Wildman–Crippen LogP) is 7.03. The molecule has 0 radical (unpaired) electrons. The topological polar surface area (TPSA) is 61.4 Å². The van der Waals surface area contributed by atoms with E-state index < -0.39 is 11.8 Å². The summed E-state index contributed by atoms with van der Waals surface area (Å²) < 4.78 is 0. The van der Waals surface area contributed by atoms with Crippen LogP contribution in [0.4, 0.5) is 11.4 Å². The van der Waals surface area contributed by atoms with Crippen LogP contribution in [-0.2, 0) is 16.0 Å². The van der Waals surface area contributed by atoms with E-state index in [-0.39, 0.29) is 10.7 Å². The molecule has 0 spiro atoms. The van der Waals surface area contributed by atoms with Gasteiger partial charge in [0.25, 0.3) is 11.8 Å². The first-order valence-corrected chi connectivity index (χ1v) is 13.9. The molecule has 1 saturated heterocycles. The number of aryl methyl sites for hydroxylation is 1. The van der Waals surface area contributed by atoms with E-state index in [1.165, 1.54) is 27.6 Å². The number of allylic oxidation sites excluding steroid dienone is 1. The first kappa shape index (κ1) is 24.9. The van der Waals surface area contributed by atoms with Gasteiger partial charge in [-0.2, -0.15) is 0 Å². The van der Waals surface area contributed by atoms with Gasteiger partial charge in [-0.3, -0.25) is 20.2 Å². The van der Waals surface area contributed by atoms with Crippen molar-refractivity contribution in [3.63, 3.8) is 0 Å². The normalized spacial score (nSPS) is 14.8. The van der Waals surface area contributed by atoms with Gasteiger partial charge in [0.1, 0.15) is 5.57 Å². The van der Waals surface area contributed by atoms with Gasteiger partial charge < -0.3 is 4.90 Å². The van der Waals surface area contributed by atoms with Gasteiger partial charge in [0, 0.05) is 17.1 Å². The molecule has 0 aromatic heterocycles. The number of amides is 2. The van der Waals surface area contributed by atoms with Crippen LogP contribution in [0.1, 0.15) is 23.1 Å². The molecular weight excluding hydrogens is 526 g/mol. The van der Waals surface area contributed by atoms with Crippen molar-refractivity contribution in [2.24, 2.45) is 0 Å². The third-order valence-corrected chi connectivity index (χ3v) is 7.87. The molecule has 41 heavy (non-hydrogen) atoms. The van der Waals surface area contributed by atoms with Gasteiger partial charge in [0.15, 0.2) is 5.11 Å². The number of hydrogen-bond acceptors (Lipinski definition) is 4. The minimum Gasteiger partial charge on any atom is -0.314 e. The number of anilines is 2. The number of nitrogens with zero attached hydrogens (tertiary/aromatic N) is 1. The quantitative estimate of drug-likeness (QED) is 0.143. The van der Waals surface area contributed by atoms with Crippen LogP contribution >= 0.6 is 12.2 Å². The zero-order valence-electron chi connectivity index (χ0n) is 22.1. The molecule has 198 valence electrons. The highest BCUT2D eigenvalue weighted by Crippen LogP contribution is 2.38. The molecule has 1 aliphatic heterocycles. The van der Waals surface area contributed by atoms with Gasteiger partial charge in [-0.25, -0.2) is 0 Å². The highest BCUT2D eigenvalue weighted by atomic mass is 32.1. The fourth-order valence-electron chi connectivity index (χ4n) is 5.64. The van der Waals surface area contributed by atoms with E-state index in [0.29, 0.717) is 0 Å². The molecule has 1 aliphatic carbocycles. The summed E-state index contributed by atoms with van der Waals surface area (Å²) in [4.78, 5) is 27.0. The molecule has 1 fully saturated rings. The Bertz CT molecular complexity index is 1950. The van der Waals surface area contributed by atoms with E-state index in [4.69, 9.17) is 12.2 Å². The number of hydrogen-bond donors (Lipinski definition) is 2. The fraction of sp³-hybridized carbons (Fsp3) is 0.0571. The van der Waals surface area contributed by atoms with E-state index in [2.05, 4.69) is 107 Å². The van der Waals surface area contributed by atoms with Crippen LogP contribution < -0.4 is 15.5 Å². The third-order valence-electron chi connectivity index (χ3n) is 7.67. The molecule has 5 aromatic rings. The van der Waals surface area contributed by atoms with Crippen LogP contribution in [0.2, 0.25) is 0 Å². The smallest absolute Gasteiger partial charge is 0.263 e. The van der Waals surface area contributed by atoms with Crippen molar-refractivity contribution < 1.29 is 9.59 Å². The number of fused-ring (bicyclic) bond motifs is 3. The van der Waals surface area contributed by atoms with Crippen molar-refractivity contribution in [2.75, 3.05) is 4.90 Å². The summed E-state index contributed by atoms with van der Waals surface area (Å²) in [5.74, 6) is -0.995. The molecule has 0 atom stereocenters. The summed E-state index contributed by atoms with van der Waals surface area (Å²) in [6.45, 7) is 0. The van der Waals surface area contributed by atoms with Gasteiger partial charge in [0.05, 0.1) is 0 Å². The fourth-order valence-corrected chi connectivity index (χ4v) is 5.83. The van der Waals surface area contributed by atoms with E-state index >= 15 is 0 Å². The monoisotopic (exact) mass is 551 g/mol. The Hall–Kier alpha value is -5.07. The number of rotatable bonds is 4. The maximum atomic E-state index is 12.3. The zero-order valence-corrected chi connectivity index (χ0v) is 22.9. The van der Waals surface area contributed by atoms with E-state index in [9.17, 15) is 9.59 Å². The number of carbonyl (C=O) groups is 2. The average molecular weight is 552 g/mol. The van der Waals surface area contributed by atoms with Crippen LogP contribution in [0, 0.1) is 0 Å². The molecule has 2 N–H and O–H groups in total. The van der Waals surface area contributed by atoms with Crippen molar-refractivity contribution >= 4 is 74.2 Å². The Morgan fingerprint density at radius 2 is 1.27 bits per heavy atom. The molecule has 6 heteroatoms. The molecule has 5 aromatic carbocycles. The molecule has 0 bridgehead atoms. The molecule has 5 nitrogen and oxygen atoms in total. The maximum Gasteiger partial charge on any atom is 0.263 e. The minimum absolute atomic E-state index is 0.0238. The number of benzene rings is 5. The van der Waals surface area contributed by atoms with Gasteiger partial charge in [-0.15, -0.1) is 0 Å². The standard InChI is InChI=1S/C35H25N3O2S/c39-33-32(34(40)37-35(41)36-33)18-22-9-10-28-21-31(16-13-27(28)17-22)38(29-14-11-23-5-1-3-7-25(23)19-29)30-15-12-24-6-2-4-8-26(24)20-30/h1-11,13-14,16-21H,12,15H2,(H2,36,37,39,40,41). The van der Waals surface area contributed by atoms with Crippen LogP contribution in [0.3, 0.4) is 0 Å². The van der Waals surface area contributed by atoms with Crippen LogP contribution in [0.15, 0.2) is 114 Å². The Morgan fingerprint density at radius 1 is 0.659 bits per heavy atom. The van der Waals surface area contributed by atoms with Crippen molar-refractivity contribution in [1.29, 1.82) is 0 Å². The molecule has 2 amide bonds. The lowest BCUT2D eigenvalue weighted by molar-refractivity contribution is -0.123. The highest BCUT2D eigenvalue weighted by molar-refractivity contribution is 7.80. The first-order valence-electron chi connectivity index (χ1n) is 13.5. The lowest BCUT2D eigenvalue weighted by atomic mass is 9.94. The second kappa shape index (κ2) is 10.2. The second-order valence-corrected chi connectivity index (χ2v) is 10.7. The van der Waals surface area contributed by atoms with Crippen molar-refractivity contribution in [3.05, 3.63) is 131 Å². The SMILES string of the molecule is O=C1NC(=S)NC(=O)C1=Cc1ccc2cc(N(C3=Cc4ccccc4CC3)c3ccc4ccccc4c3)ccc2c1. The number of nitrogens with one attached hydrogen (secondary N) is 2. The Morgan fingerprint density at radius 3 is 2.05 bits per heavy atom. The van der Waals surface area contributed by atoms with Gasteiger partial charge in [-0.1, -0.05) is 72.8 Å². The minimum atomic E-state index is -0.498. The van der Waals surface area contributed by atoms with Crippen molar-refractivity contribution in [1.82, 2.24) is 10.6 Å². The predicted molar refractivity (Wildman–Crippen MR) is 170 cm³/mol. The summed E-state index contributed by atoms with van der Waals surface area (Å²) in [7, 11) is 0. The lowest BCUT2D eigenvalue weighted by Crippen LogP contribution is -2.51. The Labute approximate surface area is 242 Å². The molecule has 2 aliphatic rings. The molecule has 7 rings (SSSR count). The van der Waals surface area contributed by atoms with Crippen LogP contribution in [0.5, 0.6) is 0 Å². The van der Waals surface area contributed by atoms with Crippen molar-refractivity contribution in [2.45, 2.75) is 12.8 Å². The lowest BCUT2D eigenvalue weighted by Gasteiger charge is -2.31. The molecular formula is C35H25N3O2S. The van der Waals surface area contributed by atoms with Crippen molar-refractivity contribution in [3.8, 4) is 0 Å². The van der Waals surface area contributed by atoms with Gasteiger partial charge >= 0.3 is 0 Å². The molecule has 0 unspecified atom stereocenters. The molecule has 0 saturated carbocycles. The van der Waals surface area contributed by atoms with E-state index in [1.54, 1.807) is 6.08 Å². The number of thiocarbonyl (C=S) groups is 1. The summed E-state index contributed by atoms with van der Waals surface area (Å²) in [5, 5.41) is 9.47. The first-order chi connectivity index (χ1) is 20.0. The highest BCUT2D eigenvalue weighted by Gasteiger charge is 2.25. The van der Waals surface area contributed by atoms with Crippen LogP contribution in [-0.4, -0.2) is 16.9 Å². The van der Waals surface area contributed by atoms with Crippen LogP contribution in [0.25, 0.3) is 33.7 Å². The third kappa shape index (κ3) is 4.79. The van der Waals surface area contributed by atoms with E-state index in [0.717, 1.165) is 40.6 Å².